The van der Waals surface area contributed by atoms with Gasteiger partial charge >= 0.3 is 5.97 Å². The second-order valence-electron chi connectivity index (χ2n) is 5.64. The van der Waals surface area contributed by atoms with Crippen molar-refractivity contribution >= 4 is 11.9 Å². The van der Waals surface area contributed by atoms with Crippen LogP contribution in [0.15, 0.2) is 30.5 Å². The van der Waals surface area contributed by atoms with Gasteiger partial charge in [-0.2, -0.15) is 5.10 Å². The number of benzene rings is 1. The van der Waals surface area contributed by atoms with Gasteiger partial charge in [-0.05, 0) is 38.0 Å². The number of nitrogens with one attached hydrogen (secondary N) is 1. The summed E-state index contributed by atoms with van der Waals surface area (Å²) in [7, 11) is 0. The molecule has 0 bridgehead atoms. The van der Waals surface area contributed by atoms with Crippen LogP contribution in [0.4, 0.5) is 0 Å². The van der Waals surface area contributed by atoms with E-state index >= 15 is 0 Å². The van der Waals surface area contributed by atoms with Crippen molar-refractivity contribution in [3.05, 3.63) is 52.8 Å². The molecule has 1 aromatic carbocycles. The number of hydrogen-bond donors (Lipinski definition) is 2. The summed E-state index contributed by atoms with van der Waals surface area (Å²) in [5.74, 6) is -1.18. The Balaban J connectivity index is 1.94. The Morgan fingerprint density at radius 2 is 2.04 bits per heavy atom. The number of aromatic carboxylic acids is 1. The molecule has 6 nitrogen and oxygen atoms in total. The minimum Gasteiger partial charge on any atom is -0.477 e. The molecular weight excluding hydrogens is 294 g/mol. The van der Waals surface area contributed by atoms with Crippen LogP contribution in [0.3, 0.4) is 0 Å². The predicted octanol–water partition coefficient (Wildman–Crippen LogP) is 2.47. The van der Waals surface area contributed by atoms with Crippen LogP contribution < -0.4 is 5.32 Å². The van der Waals surface area contributed by atoms with Crippen LogP contribution in [0.1, 0.15) is 46.6 Å². The zero-order chi connectivity index (χ0) is 17.0. The fourth-order valence-electron chi connectivity index (χ4n) is 2.60. The average molecular weight is 315 g/mol. The number of hydrogen-bond acceptors (Lipinski definition) is 3. The Hall–Kier alpha value is -2.63. The van der Waals surface area contributed by atoms with E-state index in [0.29, 0.717) is 0 Å². The van der Waals surface area contributed by atoms with E-state index in [2.05, 4.69) is 16.5 Å². The van der Waals surface area contributed by atoms with Crippen molar-refractivity contribution in [3.63, 3.8) is 0 Å². The van der Waals surface area contributed by atoms with E-state index in [4.69, 9.17) is 5.11 Å². The highest BCUT2D eigenvalue weighted by Gasteiger charge is 2.14. The van der Waals surface area contributed by atoms with Crippen LogP contribution in [0.2, 0.25) is 0 Å². The van der Waals surface area contributed by atoms with Crippen molar-refractivity contribution in [2.24, 2.45) is 0 Å². The van der Waals surface area contributed by atoms with Crippen LogP contribution in [0.25, 0.3) is 0 Å². The number of aryl methyl sites for hydroxylation is 3. The Morgan fingerprint density at radius 3 is 2.70 bits per heavy atom. The molecule has 0 spiro atoms. The maximum Gasteiger partial charge on any atom is 0.354 e. The molecule has 122 valence electrons. The van der Waals surface area contributed by atoms with E-state index in [1.807, 2.05) is 32.9 Å². The molecule has 0 saturated heterocycles. The summed E-state index contributed by atoms with van der Waals surface area (Å²) in [6.07, 6.45) is 1.59. The standard InChI is InChI=1S/C17H21N3O3/c1-11-4-5-14(12(2)10-11)13(3)19-16(21)7-9-20-15(17(22)23)6-8-18-20/h4-6,8,10,13H,7,9H2,1-3H3,(H,19,21)(H,22,23). The fraction of sp³-hybridized carbons (Fsp3) is 0.353. The van der Waals surface area contributed by atoms with Gasteiger partial charge in [-0.25, -0.2) is 4.79 Å². The second kappa shape index (κ2) is 7.09. The highest BCUT2D eigenvalue weighted by Crippen LogP contribution is 2.18. The maximum atomic E-state index is 12.1. The third-order valence-electron chi connectivity index (χ3n) is 3.76. The lowest BCUT2D eigenvalue weighted by atomic mass is 10.0. The maximum absolute atomic E-state index is 12.1. The molecule has 0 fully saturated rings. The van der Waals surface area contributed by atoms with Crippen LogP contribution >= 0.6 is 0 Å². The van der Waals surface area contributed by atoms with E-state index in [1.165, 1.54) is 22.5 Å². The molecule has 1 aromatic heterocycles. The third-order valence-corrected chi connectivity index (χ3v) is 3.76. The number of nitrogens with zero attached hydrogens (tertiary/aromatic N) is 2. The van der Waals surface area contributed by atoms with Gasteiger partial charge < -0.3 is 10.4 Å². The first-order valence-electron chi connectivity index (χ1n) is 7.50. The minimum atomic E-state index is -1.05. The number of carboxylic acids is 1. The molecule has 1 amide bonds. The van der Waals surface area contributed by atoms with E-state index in [1.54, 1.807) is 0 Å². The normalized spacial score (nSPS) is 12.0. The number of rotatable bonds is 6. The van der Waals surface area contributed by atoms with Crippen molar-refractivity contribution in [2.75, 3.05) is 0 Å². The zero-order valence-corrected chi connectivity index (χ0v) is 13.5. The van der Waals surface area contributed by atoms with Crippen LogP contribution in [-0.2, 0) is 11.3 Å². The number of amides is 1. The molecule has 2 aromatic rings. The van der Waals surface area contributed by atoms with Crippen molar-refractivity contribution in [2.45, 2.75) is 39.8 Å². The quantitative estimate of drug-likeness (QED) is 0.857. The molecule has 1 atom stereocenters. The number of carbonyl (C=O) groups excluding carboxylic acids is 1. The lowest BCUT2D eigenvalue weighted by Gasteiger charge is -2.17. The summed E-state index contributed by atoms with van der Waals surface area (Å²) in [5.41, 5.74) is 3.48. The summed E-state index contributed by atoms with van der Waals surface area (Å²) >= 11 is 0. The highest BCUT2D eigenvalue weighted by atomic mass is 16.4. The Bertz CT molecular complexity index is 722. The largest absolute Gasteiger partial charge is 0.477 e. The number of aromatic nitrogens is 2. The molecule has 0 radical (unpaired) electrons. The summed E-state index contributed by atoms with van der Waals surface area (Å²) in [4.78, 5) is 23.1. The summed E-state index contributed by atoms with van der Waals surface area (Å²) in [6, 6.07) is 7.44. The molecule has 1 unspecified atom stereocenters. The second-order valence-corrected chi connectivity index (χ2v) is 5.64. The van der Waals surface area contributed by atoms with Crippen LogP contribution in [0.5, 0.6) is 0 Å². The molecule has 23 heavy (non-hydrogen) atoms. The number of carbonyl (C=O) groups is 2. The molecule has 6 heteroatoms. The Labute approximate surface area is 135 Å². The molecule has 0 aliphatic heterocycles. The lowest BCUT2D eigenvalue weighted by molar-refractivity contribution is -0.122. The van der Waals surface area contributed by atoms with Gasteiger partial charge in [0.15, 0.2) is 0 Å². The summed E-state index contributed by atoms with van der Waals surface area (Å²) in [6.45, 7) is 6.23. The van der Waals surface area contributed by atoms with Gasteiger partial charge in [-0.3, -0.25) is 9.48 Å². The van der Waals surface area contributed by atoms with E-state index in [9.17, 15) is 9.59 Å². The predicted molar refractivity (Wildman–Crippen MR) is 86.3 cm³/mol. The topological polar surface area (TPSA) is 84.2 Å². The molecule has 1 heterocycles. The molecule has 2 rings (SSSR count). The van der Waals surface area contributed by atoms with Gasteiger partial charge in [0, 0.05) is 12.6 Å². The average Bonchev–Trinajstić information content (AvgIpc) is 2.93. The Kier molecular flexibility index (Phi) is 5.16. The molecule has 2 N–H and O–H groups in total. The van der Waals surface area contributed by atoms with Crippen molar-refractivity contribution in [3.8, 4) is 0 Å². The molecular formula is C17H21N3O3. The fourth-order valence-corrected chi connectivity index (χ4v) is 2.60. The molecule has 0 saturated carbocycles. The highest BCUT2D eigenvalue weighted by molar-refractivity contribution is 5.85. The number of carboxylic acid groups (broad SMARTS) is 1. The van der Waals surface area contributed by atoms with E-state index < -0.39 is 5.97 Å². The van der Waals surface area contributed by atoms with Crippen molar-refractivity contribution in [1.82, 2.24) is 15.1 Å². The van der Waals surface area contributed by atoms with E-state index in [0.717, 1.165) is 11.1 Å². The third kappa shape index (κ3) is 4.18. The monoisotopic (exact) mass is 315 g/mol. The first kappa shape index (κ1) is 16.7. The Morgan fingerprint density at radius 1 is 1.30 bits per heavy atom. The lowest BCUT2D eigenvalue weighted by Crippen LogP contribution is -2.28. The van der Waals surface area contributed by atoms with Gasteiger partial charge in [0.25, 0.3) is 0 Å². The van der Waals surface area contributed by atoms with Gasteiger partial charge in [-0.1, -0.05) is 23.8 Å². The zero-order valence-electron chi connectivity index (χ0n) is 13.5. The van der Waals surface area contributed by atoms with Crippen LogP contribution in [0, 0.1) is 13.8 Å². The van der Waals surface area contributed by atoms with Gasteiger partial charge in [0.05, 0.1) is 12.6 Å². The smallest absolute Gasteiger partial charge is 0.354 e. The molecule has 0 aliphatic rings. The van der Waals surface area contributed by atoms with Crippen molar-refractivity contribution < 1.29 is 14.7 Å². The molecule has 0 aliphatic carbocycles. The SMILES string of the molecule is Cc1ccc(C(C)NC(=O)CCn2nccc2C(=O)O)c(C)c1. The summed E-state index contributed by atoms with van der Waals surface area (Å²) in [5, 5.41) is 15.9. The van der Waals surface area contributed by atoms with E-state index in [-0.39, 0.29) is 30.6 Å². The van der Waals surface area contributed by atoms with Crippen LogP contribution in [-0.4, -0.2) is 26.8 Å². The van der Waals surface area contributed by atoms with Gasteiger partial charge in [0.2, 0.25) is 5.91 Å². The first-order chi connectivity index (χ1) is 10.9. The first-order valence-corrected chi connectivity index (χ1v) is 7.50. The van der Waals surface area contributed by atoms with Gasteiger partial charge in [-0.15, -0.1) is 0 Å². The van der Waals surface area contributed by atoms with Gasteiger partial charge in [0.1, 0.15) is 5.69 Å². The van der Waals surface area contributed by atoms with Crippen molar-refractivity contribution in [1.29, 1.82) is 0 Å². The summed E-state index contributed by atoms with van der Waals surface area (Å²) < 4.78 is 1.32. The minimum absolute atomic E-state index is 0.0835.